The lowest BCUT2D eigenvalue weighted by Crippen LogP contribution is -2.58. The third kappa shape index (κ3) is 2.21. The van der Waals surface area contributed by atoms with E-state index in [1.807, 2.05) is 4.68 Å². The van der Waals surface area contributed by atoms with Gasteiger partial charge in [0.15, 0.2) is 0 Å². The van der Waals surface area contributed by atoms with Crippen molar-refractivity contribution >= 4 is 0 Å². The fourth-order valence-electron chi connectivity index (χ4n) is 5.95. The van der Waals surface area contributed by atoms with Crippen LogP contribution in [0, 0.1) is 23.2 Å². The highest BCUT2D eigenvalue weighted by Crippen LogP contribution is 2.61. The number of aryl methyl sites for hydroxylation is 1. The molecule has 5 rings (SSSR count). The molecule has 0 amide bonds. The van der Waals surface area contributed by atoms with Crippen molar-refractivity contribution in [1.29, 1.82) is 0 Å². The van der Waals surface area contributed by atoms with E-state index in [-0.39, 0.29) is 0 Å². The van der Waals surface area contributed by atoms with Crippen molar-refractivity contribution < 1.29 is 0 Å². The van der Waals surface area contributed by atoms with Crippen LogP contribution in [0.3, 0.4) is 0 Å². The third-order valence-electron chi connectivity index (χ3n) is 6.41. The number of hydrogen-bond donors (Lipinski definition) is 2. The summed E-state index contributed by atoms with van der Waals surface area (Å²) >= 11 is 0. The van der Waals surface area contributed by atoms with Gasteiger partial charge in [-0.05, 0) is 68.6 Å². The summed E-state index contributed by atoms with van der Waals surface area (Å²) in [5, 5.41) is 4.31. The number of hydrazine groups is 1. The summed E-state index contributed by atoms with van der Waals surface area (Å²) in [6.07, 6.45) is 11.1. The highest BCUT2D eigenvalue weighted by molar-refractivity contribution is 5.08. The number of aromatic nitrogens is 3. The SMILES string of the molecule is CCn1ncnc1CC(NN)C12CC3CC(CC(C3)C1)C2. The molecule has 4 aliphatic carbocycles. The van der Waals surface area contributed by atoms with Gasteiger partial charge >= 0.3 is 0 Å². The number of nitrogens with one attached hydrogen (secondary N) is 1. The Morgan fingerprint density at radius 3 is 2.43 bits per heavy atom. The minimum atomic E-state index is 0.348. The number of hydrogen-bond acceptors (Lipinski definition) is 4. The Morgan fingerprint density at radius 2 is 1.90 bits per heavy atom. The summed E-state index contributed by atoms with van der Waals surface area (Å²) < 4.78 is 2.00. The minimum Gasteiger partial charge on any atom is -0.271 e. The minimum absolute atomic E-state index is 0.348. The van der Waals surface area contributed by atoms with Gasteiger partial charge in [-0.15, -0.1) is 0 Å². The molecule has 4 fully saturated rings. The van der Waals surface area contributed by atoms with E-state index in [1.165, 1.54) is 38.5 Å². The maximum absolute atomic E-state index is 5.99. The molecule has 1 aromatic heterocycles. The highest BCUT2D eigenvalue weighted by Gasteiger charge is 2.54. The first-order chi connectivity index (χ1) is 10.2. The molecule has 1 aromatic rings. The molecule has 1 atom stereocenters. The lowest BCUT2D eigenvalue weighted by atomic mass is 9.47. The van der Waals surface area contributed by atoms with Crippen LogP contribution in [-0.2, 0) is 13.0 Å². The second kappa shape index (κ2) is 5.06. The molecular weight excluding hydrogens is 262 g/mol. The summed E-state index contributed by atoms with van der Waals surface area (Å²) in [4.78, 5) is 4.46. The number of rotatable bonds is 5. The highest BCUT2D eigenvalue weighted by atomic mass is 15.3. The molecule has 4 aliphatic rings. The van der Waals surface area contributed by atoms with Crippen molar-refractivity contribution in [2.24, 2.45) is 29.0 Å². The number of nitrogens with two attached hydrogens (primary N) is 1. The van der Waals surface area contributed by atoms with E-state index < -0.39 is 0 Å². The topological polar surface area (TPSA) is 68.8 Å². The van der Waals surface area contributed by atoms with Crippen LogP contribution in [0.1, 0.15) is 51.3 Å². The van der Waals surface area contributed by atoms with Gasteiger partial charge in [-0.2, -0.15) is 5.10 Å². The van der Waals surface area contributed by atoms with Crippen molar-refractivity contribution in [1.82, 2.24) is 20.2 Å². The van der Waals surface area contributed by atoms with Crippen LogP contribution < -0.4 is 11.3 Å². The van der Waals surface area contributed by atoms with E-state index in [9.17, 15) is 0 Å². The van der Waals surface area contributed by atoms with E-state index in [0.29, 0.717) is 11.5 Å². The monoisotopic (exact) mass is 289 g/mol. The maximum atomic E-state index is 5.99. The van der Waals surface area contributed by atoms with Crippen LogP contribution >= 0.6 is 0 Å². The van der Waals surface area contributed by atoms with Gasteiger partial charge < -0.3 is 0 Å². The van der Waals surface area contributed by atoms with E-state index in [1.54, 1.807) is 6.33 Å². The van der Waals surface area contributed by atoms with Crippen LogP contribution in [0.4, 0.5) is 0 Å². The van der Waals surface area contributed by atoms with Crippen LogP contribution in [0.25, 0.3) is 0 Å². The van der Waals surface area contributed by atoms with Crippen LogP contribution in [-0.4, -0.2) is 20.8 Å². The normalized spacial score (nSPS) is 38.9. The zero-order chi connectivity index (χ0) is 14.4. The molecule has 0 radical (unpaired) electrons. The Hall–Kier alpha value is -0.940. The van der Waals surface area contributed by atoms with Crippen LogP contribution in [0.5, 0.6) is 0 Å². The van der Waals surface area contributed by atoms with Gasteiger partial charge in [-0.25, -0.2) is 4.98 Å². The van der Waals surface area contributed by atoms with Crippen molar-refractivity contribution in [3.63, 3.8) is 0 Å². The van der Waals surface area contributed by atoms with E-state index in [4.69, 9.17) is 5.84 Å². The predicted octanol–water partition coefficient (Wildman–Crippen LogP) is 1.89. The smallest absolute Gasteiger partial charge is 0.138 e. The summed E-state index contributed by atoms with van der Waals surface area (Å²) in [5.41, 5.74) is 3.58. The average molecular weight is 289 g/mol. The molecule has 1 unspecified atom stereocenters. The van der Waals surface area contributed by atoms with Crippen LogP contribution in [0.15, 0.2) is 6.33 Å². The first-order valence-electron chi connectivity index (χ1n) is 8.55. The largest absolute Gasteiger partial charge is 0.271 e. The Kier molecular flexibility index (Phi) is 3.30. The Morgan fingerprint density at radius 1 is 1.29 bits per heavy atom. The summed E-state index contributed by atoms with van der Waals surface area (Å²) in [5.74, 6) is 9.94. The molecule has 3 N–H and O–H groups in total. The zero-order valence-electron chi connectivity index (χ0n) is 13.0. The molecular formula is C16H27N5. The first kappa shape index (κ1) is 13.7. The predicted molar refractivity (Wildman–Crippen MR) is 81.1 cm³/mol. The molecule has 1 heterocycles. The fourth-order valence-corrected chi connectivity index (χ4v) is 5.95. The zero-order valence-corrected chi connectivity index (χ0v) is 13.0. The first-order valence-corrected chi connectivity index (χ1v) is 8.55. The van der Waals surface area contributed by atoms with E-state index in [0.717, 1.165) is 36.5 Å². The Labute approximate surface area is 126 Å². The molecule has 0 spiro atoms. The maximum Gasteiger partial charge on any atom is 0.138 e. The second-order valence-electron chi connectivity index (χ2n) is 7.70. The van der Waals surface area contributed by atoms with Crippen molar-refractivity contribution in [3.8, 4) is 0 Å². The Bertz CT molecular complexity index is 473. The molecule has 0 saturated heterocycles. The van der Waals surface area contributed by atoms with Gasteiger partial charge in [0.05, 0.1) is 0 Å². The van der Waals surface area contributed by atoms with E-state index >= 15 is 0 Å². The van der Waals surface area contributed by atoms with Crippen LogP contribution in [0.2, 0.25) is 0 Å². The molecule has 4 bridgehead atoms. The quantitative estimate of drug-likeness (QED) is 0.641. The van der Waals surface area contributed by atoms with Gasteiger partial charge in [-0.1, -0.05) is 0 Å². The summed E-state index contributed by atoms with van der Waals surface area (Å²) in [6, 6.07) is 0.348. The molecule has 116 valence electrons. The summed E-state index contributed by atoms with van der Waals surface area (Å²) in [6.45, 7) is 3.00. The van der Waals surface area contributed by atoms with E-state index in [2.05, 4.69) is 22.4 Å². The van der Waals surface area contributed by atoms with Crippen molar-refractivity contribution in [2.75, 3.05) is 0 Å². The fraction of sp³-hybridized carbons (Fsp3) is 0.875. The molecule has 0 aromatic carbocycles. The molecule has 0 aliphatic heterocycles. The van der Waals surface area contributed by atoms with Crippen molar-refractivity contribution in [2.45, 2.75) is 64.5 Å². The number of nitrogens with zero attached hydrogens (tertiary/aromatic N) is 3. The van der Waals surface area contributed by atoms with Gasteiger partial charge in [-0.3, -0.25) is 16.0 Å². The van der Waals surface area contributed by atoms with Gasteiger partial charge in [0.25, 0.3) is 0 Å². The molecule has 5 heteroatoms. The third-order valence-corrected chi connectivity index (χ3v) is 6.41. The average Bonchev–Trinajstić information content (AvgIpc) is 2.90. The second-order valence-corrected chi connectivity index (χ2v) is 7.70. The Balaban J connectivity index is 1.58. The summed E-state index contributed by atoms with van der Waals surface area (Å²) in [7, 11) is 0. The van der Waals surface area contributed by atoms with Gasteiger partial charge in [0.2, 0.25) is 0 Å². The lowest BCUT2D eigenvalue weighted by molar-refractivity contribution is -0.0741. The molecule has 4 saturated carbocycles. The van der Waals surface area contributed by atoms with Crippen molar-refractivity contribution in [3.05, 3.63) is 12.2 Å². The lowest BCUT2D eigenvalue weighted by Gasteiger charge is -2.59. The standard InChI is InChI=1S/C16H27N5/c1-2-21-15(18-10-19-21)6-14(20-17)16-7-11-3-12(8-16)5-13(4-11)9-16/h10-14,20H,2-9,17H2,1H3. The molecule has 21 heavy (non-hydrogen) atoms. The van der Waals surface area contributed by atoms with Gasteiger partial charge in [0, 0.05) is 19.0 Å². The molecule has 5 nitrogen and oxygen atoms in total. The van der Waals surface area contributed by atoms with Gasteiger partial charge in [0.1, 0.15) is 12.2 Å².